The lowest BCUT2D eigenvalue weighted by molar-refractivity contribution is 0.102. The number of aromatic nitrogens is 5. The van der Waals surface area contributed by atoms with Gasteiger partial charge in [-0.25, -0.2) is 14.3 Å². The number of carbonyl (C=O) groups excluding carboxylic acids is 1. The number of hydrogen-bond acceptors (Lipinski definition) is 4. The highest BCUT2D eigenvalue weighted by molar-refractivity contribution is 6.07. The summed E-state index contributed by atoms with van der Waals surface area (Å²) >= 11 is 0. The largest absolute Gasteiger partial charge is 0.289 e. The standard InChI is InChI=1S/C26H22N6O/c1-19-10-8-9-13-21(19)16-31-18-27-26(30-31)28-25(33)23-17-32(22-14-6-3-7-15-22)29-24(23)20-11-4-2-5-12-20/h2-15,17-18H,16H2,1H3,(H,28,30,33). The topological polar surface area (TPSA) is 77.6 Å². The molecule has 1 N–H and O–H groups in total. The van der Waals surface area contributed by atoms with Crippen molar-refractivity contribution in [2.75, 3.05) is 5.32 Å². The molecule has 7 heteroatoms. The van der Waals surface area contributed by atoms with E-state index in [1.807, 2.05) is 72.8 Å². The Morgan fingerprint density at radius 2 is 1.58 bits per heavy atom. The van der Waals surface area contributed by atoms with E-state index in [1.54, 1.807) is 21.9 Å². The second-order valence-corrected chi connectivity index (χ2v) is 7.68. The van der Waals surface area contributed by atoms with Crippen LogP contribution in [0.25, 0.3) is 16.9 Å². The molecular weight excluding hydrogens is 412 g/mol. The summed E-state index contributed by atoms with van der Waals surface area (Å²) in [5.74, 6) is -0.0651. The predicted octanol–water partition coefficient (Wildman–Crippen LogP) is 4.74. The van der Waals surface area contributed by atoms with Crippen molar-refractivity contribution >= 4 is 11.9 Å². The molecule has 0 aliphatic carbocycles. The molecule has 5 aromatic rings. The Bertz CT molecular complexity index is 1390. The minimum absolute atomic E-state index is 0.250. The minimum Gasteiger partial charge on any atom is -0.289 e. The maximum atomic E-state index is 13.2. The summed E-state index contributed by atoms with van der Waals surface area (Å²) in [7, 11) is 0. The van der Waals surface area contributed by atoms with Crippen LogP contribution >= 0.6 is 0 Å². The molecule has 33 heavy (non-hydrogen) atoms. The summed E-state index contributed by atoms with van der Waals surface area (Å²) in [5.41, 5.74) is 5.09. The van der Waals surface area contributed by atoms with Gasteiger partial charge in [-0.3, -0.25) is 10.1 Å². The number of carbonyl (C=O) groups is 1. The summed E-state index contributed by atoms with van der Waals surface area (Å²) in [6.45, 7) is 2.64. The highest BCUT2D eigenvalue weighted by Gasteiger charge is 2.20. The van der Waals surface area contributed by atoms with Gasteiger partial charge in [-0.15, -0.1) is 5.10 Å². The van der Waals surface area contributed by atoms with E-state index in [0.717, 1.165) is 16.8 Å². The van der Waals surface area contributed by atoms with E-state index in [1.165, 1.54) is 5.56 Å². The van der Waals surface area contributed by atoms with E-state index < -0.39 is 0 Å². The molecule has 3 aromatic carbocycles. The number of para-hydroxylation sites is 1. The Labute approximate surface area is 191 Å². The molecule has 0 fully saturated rings. The Morgan fingerprint density at radius 1 is 0.879 bits per heavy atom. The molecule has 0 bridgehead atoms. The lowest BCUT2D eigenvalue weighted by Gasteiger charge is -2.05. The first-order valence-electron chi connectivity index (χ1n) is 10.6. The lowest BCUT2D eigenvalue weighted by atomic mass is 10.1. The number of nitrogens with one attached hydrogen (secondary N) is 1. The molecule has 0 aliphatic rings. The summed E-state index contributed by atoms with van der Waals surface area (Å²) in [5, 5.41) is 11.9. The number of aryl methyl sites for hydroxylation is 1. The highest BCUT2D eigenvalue weighted by Crippen LogP contribution is 2.24. The summed E-state index contributed by atoms with van der Waals surface area (Å²) in [4.78, 5) is 17.5. The fourth-order valence-corrected chi connectivity index (χ4v) is 3.62. The van der Waals surface area contributed by atoms with Crippen molar-refractivity contribution in [3.8, 4) is 16.9 Å². The van der Waals surface area contributed by atoms with Crippen LogP contribution in [-0.4, -0.2) is 30.5 Å². The number of hydrogen-bond donors (Lipinski definition) is 1. The second-order valence-electron chi connectivity index (χ2n) is 7.68. The smallest absolute Gasteiger partial charge is 0.261 e. The van der Waals surface area contributed by atoms with E-state index >= 15 is 0 Å². The SMILES string of the molecule is Cc1ccccc1Cn1cnc(NC(=O)c2cn(-c3ccccc3)nc2-c2ccccc2)n1. The normalized spacial score (nSPS) is 10.8. The average molecular weight is 435 g/mol. The fraction of sp³-hybridized carbons (Fsp3) is 0.0769. The van der Waals surface area contributed by atoms with Gasteiger partial charge in [-0.05, 0) is 30.2 Å². The Balaban J connectivity index is 1.42. The van der Waals surface area contributed by atoms with Gasteiger partial charge in [0.15, 0.2) is 0 Å². The van der Waals surface area contributed by atoms with E-state index in [-0.39, 0.29) is 11.9 Å². The van der Waals surface area contributed by atoms with E-state index in [2.05, 4.69) is 34.5 Å². The maximum absolute atomic E-state index is 13.2. The van der Waals surface area contributed by atoms with Gasteiger partial charge in [0.2, 0.25) is 5.95 Å². The predicted molar refractivity (Wildman–Crippen MR) is 127 cm³/mol. The van der Waals surface area contributed by atoms with Crippen molar-refractivity contribution in [2.24, 2.45) is 0 Å². The molecule has 0 spiro atoms. The number of benzene rings is 3. The van der Waals surface area contributed by atoms with E-state index in [4.69, 9.17) is 5.10 Å². The van der Waals surface area contributed by atoms with E-state index in [9.17, 15) is 4.79 Å². The molecule has 0 unspecified atom stereocenters. The first-order valence-corrected chi connectivity index (χ1v) is 10.6. The number of amides is 1. The van der Waals surface area contributed by atoms with Crippen LogP contribution in [0.1, 0.15) is 21.5 Å². The van der Waals surface area contributed by atoms with Crippen LogP contribution in [0.15, 0.2) is 97.5 Å². The molecule has 162 valence electrons. The van der Waals surface area contributed by atoms with Gasteiger partial charge in [0, 0.05) is 11.8 Å². The summed E-state index contributed by atoms with van der Waals surface area (Å²) in [6.07, 6.45) is 3.35. The molecule has 5 rings (SSSR count). The molecule has 7 nitrogen and oxygen atoms in total. The van der Waals surface area contributed by atoms with Gasteiger partial charge >= 0.3 is 0 Å². The zero-order valence-electron chi connectivity index (χ0n) is 18.1. The Kier molecular flexibility index (Phi) is 5.51. The quantitative estimate of drug-likeness (QED) is 0.419. The number of anilines is 1. The third-order valence-electron chi connectivity index (χ3n) is 5.38. The van der Waals surface area contributed by atoms with Crippen molar-refractivity contribution < 1.29 is 4.79 Å². The van der Waals surface area contributed by atoms with Gasteiger partial charge in [-0.2, -0.15) is 5.10 Å². The van der Waals surface area contributed by atoms with Crippen molar-refractivity contribution in [1.29, 1.82) is 0 Å². The molecule has 0 radical (unpaired) electrons. The summed E-state index contributed by atoms with van der Waals surface area (Å²) in [6, 6.07) is 27.5. The minimum atomic E-state index is -0.315. The molecule has 0 aliphatic heterocycles. The molecule has 1 amide bonds. The molecule has 0 atom stereocenters. The Morgan fingerprint density at radius 3 is 2.33 bits per heavy atom. The highest BCUT2D eigenvalue weighted by atomic mass is 16.1. The molecule has 2 aromatic heterocycles. The molecule has 2 heterocycles. The molecule has 0 saturated carbocycles. The maximum Gasteiger partial charge on any atom is 0.261 e. The van der Waals surface area contributed by atoms with E-state index in [0.29, 0.717) is 17.8 Å². The first kappa shape index (κ1) is 20.4. The van der Waals surface area contributed by atoms with Gasteiger partial charge in [0.05, 0.1) is 17.8 Å². The van der Waals surface area contributed by atoms with Crippen molar-refractivity contribution in [2.45, 2.75) is 13.5 Å². The van der Waals surface area contributed by atoms with Crippen LogP contribution in [0.4, 0.5) is 5.95 Å². The van der Waals surface area contributed by atoms with Crippen LogP contribution in [0.5, 0.6) is 0 Å². The van der Waals surface area contributed by atoms with Gasteiger partial charge in [0.25, 0.3) is 5.91 Å². The fourth-order valence-electron chi connectivity index (χ4n) is 3.62. The van der Waals surface area contributed by atoms with Crippen LogP contribution in [-0.2, 0) is 6.54 Å². The van der Waals surface area contributed by atoms with Gasteiger partial charge < -0.3 is 0 Å². The average Bonchev–Trinajstić information content (AvgIpc) is 3.49. The number of nitrogens with zero attached hydrogens (tertiary/aromatic N) is 5. The molecular formula is C26H22N6O. The molecule has 0 saturated heterocycles. The number of rotatable bonds is 6. The lowest BCUT2D eigenvalue weighted by Crippen LogP contribution is -2.14. The third-order valence-corrected chi connectivity index (χ3v) is 5.38. The van der Waals surface area contributed by atoms with Gasteiger partial charge in [-0.1, -0.05) is 72.8 Å². The monoisotopic (exact) mass is 434 g/mol. The second kappa shape index (κ2) is 8.92. The van der Waals surface area contributed by atoms with Crippen molar-refractivity contribution in [1.82, 2.24) is 24.5 Å². The van der Waals surface area contributed by atoms with Crippen LogP contribution in [0, 0.1) is 6.92 Å². The van der Waals surface area contributed by atoms with Gasteiger partial charge in [0.1, 0.15) is 12.0 Å². The first-order chi connectivity index (χ1) is 16.2. The summed E-state index contributed by atoms with van der Waals surface area (Å²) < 4.78 is 3.42. The van der Waals surface area contributed by atoms with Crippen LogP contribution in [0.2, 0.25) is 0 Å². The van der Waals surface area contributed by atoms with Crippen molar-refractivity contribution in [3.05, 3.63) is 114 Å². The van der Waals surface area contributed by atoms with Crippen LogP contribution in [0.3, 0.4) is 0 Å². The zero-order valence-corrected chi connectivity index (χ0v) is 18.1. The Hall–Kier alpha value is -4.52. The van der Waals surface area contributed by atoms with Crippen molar-refractivity contribution in [3.63, 3.8) is 0 Å². The zero-order chi connectivity index (χ0) is 22.6. The third kappa shape index (κ3) is 4.43. The van der Waals surface area contributed by atoms with Crippen LogP contribution < -0.4 is 5.32 Å².